The maximum atomic E-state index is 13.0. The summed E-state index contributed by atoms with van der Waals surface area (Å²) < 4.78 is 72.1. The molecule has 0 atom stereocenters. The molecule has 4 aromatic rings. The second kappa shape index (κ2) is 9.09. The largest absolute Gasteiger partial charge is 0.369 e. The molecule has 0 amide bonds. The van der Waals surface area contributed by atoms with Gasteiger partial charge in [0, 0.05) is 43.3 Å². The highest BCUT2D eigenvalue weighted by Gasteiger charge is 2.65. The minimum Gasteiger partial charge on any atom is -0.369 e. The molecule has 0 radical (unpaired) electrons. The lowest BCUT2D eigenvalue weighted by molar-refractivity contribution is 0.352. The molecule has 1 saturated heterocycles. The van der Waals surface area contributed by atoms with E-state index in [9.17, 15) is 19.4 Å². The summed E-state index contributed by atoms with van der Waals surface area (Å²) in [6.45, 7) is 6.65. The van der Waals surface area contributed by atoms with Crippen molar-refractivity contribution in [2.75, 3.05) is 31.5 Å². The first kappa shape index (κ1) is 26.2. The van der Waals surface area contributed by atoms with E-state index >= 15 is 0 Å². The third-order valence-corrected chi connectivity index (χ3v) is 7.62. The summed E-state index contributed by atoms with van der Waals surface area (Å²) in [5, 5.41) is 7.15. The van der Waals surface area contributed by atoms with Gasteiger partial charge in [-0.3, -0.25) is 0 Å². The van der Waals surface area contributed by atoms with E-state index in [1.165, 1.54) is 12.8 Å². The molecule has 0 bridgehead atoms. The Morgan fingerprint density at radius 3 is 2.37 bits per heavy atom. The first-order chi connectivity index (χ1) is 17.8. The molecule has 7 nitrogen and oxygen atoms in total. The number of nitrogens with zero attached hydrogens (tertiary/aromatic N) is 5. The van der Waals surface area contributed by atoms with Gasteiger partial charge in [0.15, 0.2) is 0 Å². The van der Waals surface area contributed by atoms with Crippen LogP contribution in [0.25, 0.3) is 22.8 Å². The van der Waals surface area contributed by atoms with Crippen molar-refractivity contribution in [3.63, 3.8) is 0 Å². The number of halogens is 5. The lowest BCUT2D eigenvalue weighted by Crippen LogP contribution is -2.26. The molecule has 1 fully saturated rings. The molecule has 1 aromatic carbocycles. The average Bonchev–Trinajstić information content (AvgIpc) is 3.61. The van der Waals surface area contributed by atoms with E-state index in [0.29, 0.717) is 24.2 Å². The summed E-state index contributed by atoms with van der Waals surface area (Å²) in [6, 6.07) is 8.25. The highest BCUT2D eigenvalue weighted by molar-refractivity contribution is 8.45. The van der Waals surface area contributed by atoms with Gasteiger partial charge in [0.25, 0.3) is 5.89 Å². The van der Waals surface area contributed by atoms with Crippen LogP contribution in [0.1, 0.15) is 24.1 Å². The first-order valence-corrected chi connectivity index (χ1v) is 14.1. The monoisotopic (exact) mass is 554 g/mol. The number of hydrogen-bond donors (Lipinski definition) is 1. The van der Waals surface area contributed by atoms with Crippen LogP contribution >= 0.6 is 10.2 Å². The third kappa shape index (κ3) is 6.16. The van der Waals surface area contributed by atoms with Gasteiger partial charge in [-0.25, -0.2) is 4.98 Å². The molecule has 4 heterocycles. The predicted molar refractivity (Wildman–Crippen MR) is 137 cm³/mol. The van der Waals surface area contributed by atoms with Crippen LogP contribution in [0.4, 0.5) is 25.2 Å². The van der Waals surface area contributed by atoms with Crippen molar-refractivity contribution in [2.24, 2.45) is 0 Å². The third-order valence-electron chi connectivity index (χ3n) is 6.45. The van der Waals surface area contributed by atoms with E-state index in [1.807, 2.05) is 42.1 Å². The van der Waals surface area contributed by atoms with Crippen molar-refractivity contribution in [1.29, 1.82) is 0 Å². The number of aryl methyl sites for hydroxylation is 1. The molecule has 0 unspecified atom stereocenters. The van der Waals surface area contributed by atoms with Crippen molar-refractivity contribution >= 4 is 16.0 Å². The van der Waals surface area contributed by atoms with Crippen molar-refractivity contribution in [2.45, 2.75) is 31.2 Å². The molecule has 0 saturated carbocycles. The quantitative estimate of drug-likeness (QED) is 0.222. The first-order valence-electron chi connectivity index (χ1n) is 12.1. The topological polar surface area (TPSA) is 72.0 Å². The van der Waals surface area contributed by atoms with Gasteiger partial charge in [-0.1, -0.05) is 30.7 Å². The maximum Gasteiger partial charge on any atom is 0.310 e. The Morgan fingerprint density at radius 2 is 1.71 bits per heavy atom. The molecule has 204 valence electrons. The van der Waals surface area contributed by atoms with Crippen molar-refractivity contribution in [3.8, 4) is 22.8 Å². The van der Waals surface area contributed by atoms with Crippen LogP contribution in [-0.4, -0.2) is 50.8 Å². The van der Waals surface area contributed by atoms with Crippen molar-refractivity contribution in [1.82, 2.24) is 24.6 Å². The molecular formula is C25H27F5N6OS. The Kier molecular flexibility index (Phi) is 6.26. The minimum absolute atomic E-state index is 0.00358. The Balaban J connectivity index is 1.23. The van der Waals surface area contributed by atoms with Gasteiger partial charge in [0.05, 0.1) is 5.56 Å². The molecule has 0 aliphatic carbocycles. The highest BCUT2D eigenvalue weighted by atomic mass is 32.5. The maximum absolute atomic E-state index is 13.0. The molecule has 0 spiro atoms. The Hall–Kier alpha value is -3.45. The van der Waals surface area contributed by atoms with E-state index in [4.69, 9.17) is 4.52 Å². The number of hydrogen-bond acceptors (Lipinski definition) is 6. The number of pyridine rings is 1. The normalized spacial score (nSPS) is 16.4. The number of likely N-dealkylation sites (tertiary alicyclic amines) is 1. The van der Waals surface area contributed by atoms with Gasteiger partial charge in [-0.2, -0.15) is 4.98 Å². The lowest BCUT2D eigenvalue weighted by atomic mass is 10.2. The van der Waals surface area contributed by atoms with E-state index in [0.717, 1.165) is 55.4 Å². The number of rotatable bonds is 9. The molecule has 5 rings (SSSR count). The summed E-state index contributed by atoms with van der Waals surface area (Å²) >= 11 is 0. The van der Waals surface area contributed by atoms with Gasteiger partial charge >= 0.3 is 10.2 Å². The van der Waals surface area contributed by atoms with Crippen molar-refractivity contribution in [3.05, 3.63) is 66.1 Å². The second-order valence-corrected chi connectivity index (χ2v) is 11.9. The average molecular weight is 555 g/mol. The molecule has 3 aromatic heterocycles. The number of nitrogens with one attached hydrogen (secondary N) is 1. The summed E-state index contributed by atoms with van der Waals surface area (Å²) in [4.78, 5) is 9.20. The highest BCUT2D eigenvalue weighted by Crippen LogP contribution is 3.02. The van der Waals surface area contributed by atoms with Crippen LogP contribution < -0.4 is 5.32 Å². The van der Waals surface area contributed by atoms with Crippen LogP contribution in [0.15, 0.2) is 64.3 Å². The molecule has 1 aliphatic heterocycles. The minimum atomic E-state index is -9.74. The van der Waals surface area contributed by atoms with Gasteiger partial charge in [-0.15, -0.1) is 0 Å². The fraction of sp³-hybridized carbons (Fsp3) is 0.320. The van der Waals surface area contributed by atoms with Gasteiger partial charge in [0.2, 0.25) is 5.82 Å². The smallest absolute Gasteiger partial charge is 0.310 e. The molecular weight excluding hydrogens is 527 g/mol. The Labute approximate surface area is 216 Å². The zero-order valence-corrected chi connectivity index (χ0v) is 21.4. The predicted octanol–water partition coefficient (Wildman–Crippen LogP) is 7.12. The van der Waals surface area contributed by atoms with Crippen LogP contribution in [0, 0.1) is 6.92 Å². The summed E-state index contributed by atoms with van der Waals surface area (Å²) in [6.07, 6.45) is 6.18. The standard InChI is InChI=1S/C25H27F5N6OS/c1-18-14-21(25-33-24(34-37-25)20-5-7-22(8-6-20)38(26,27,28,29)30)17-36(18)16-19-4-9-23(32-15-19)31-10-13-35-11-2-3-12-35/h4-9,14-15,17H,2-3,10-13,16H2,1H3,(H,31,32). The van der Waals surface area contributed by atoms with Crippen molar-refractivity contribution < 1.29 is 24.0 Å². The lowest BCUT2D eigenvalue weighted by Gasteiger charge is -2.40. The van der Waals surface area contributed by atoms with E-state index < -0.39 is 15.1 Å². The van der Waals surface area contributed by atoms with Crippen LogP contribution in [0.3, 0.4) is 0 Å². The number of aromatic nitrogens is 4. The van der Waals surface area contributed by atoms with Crippen LogP contribution in [-0.2, 0) is 6.54 Å². The molecule has 1 aliphatic rings. The van der Waals surface area contributed by atoms with Gasteiger partial charge in [-0.05, 0) is 74.8 Å². The number of anilines is 1. The fourth-order valence-electron chi connectivity index (χ4n) is 4.39. The molecule has 1 N–H and O–H groups in total. The Bertz CT molecular complexity index is 1410. The van der Waals surface area contributed by atoms with E-state index in [-0.39, 0.29) is 17.3 Å². The summed E-state index contributed by atoms with van der Waals surface area (Å²) in [5.74, 6) is 0.982. The molecule has 38 heavy (non-hydrogen) atoms. The number of benzene rings is 1. The zero-order chi connectivity index (χ0) is 27.0. The molecule has 13 heteroatoms. The summed E-state index contributed by atoms with van der Waals surface area (Å²) in [5.41, 5.74) is 2.67. The zero-order valence-electron chi connectivity index (χ0n) is 20.6. The SMILES string of the molecule is Cc1cc(-c2nc(-c3ccc(S(F)(F)(F)(F)F)cc3)no2)cn1Cc1ccc(NCCN2CCCC2)nc1. The van der Waals surface area contributed by atoms with E-state index in [2.05, 4.69) is 25.3 Å². The van der Waals surface area contributed by atoms with Gasteiger partial charge < -0.3 is 19.3 Å². The van der Waals surface area contributed by atoms with Crippen LogP contribution in [0.5, 0.6) is 0 Å². The fourth-order valence-corrected chi connectivity index (χ4v) is 5.04. The van der Waals surface area contributed by atoms with E-state index in [1.54, 1.807) is 0 Å². The Morgan fingerprint density at radius 1 is 0.974 bits per heavy atom. The summed E-state index contributed by atoms with van der Waals surface area (Å²) in [7, 11) is -9.74. The van der Waals surface area contributed by atoms with Gasteiger partial charge in [0.1, 0.15) is 10.7 Å². The second-order valence-electron chi connectivity index (χ2n) is 9.44. The van der Waals surface area contributed by atoms with Crippen LogP contribution in [0.2, 0.25) is 0 Å².